The number of aromatic nitrogens is 2. The number of rotatable bonds is 5. The highest BCUT2D eigenvalue weighted by Gasteiger charge is 2.15. The molecule has 2 aromatic rings. The van der Waals surface area contributed by atoms with Crippen molar-refractivity contribution in [1.29, 1.82) is 0 Å². The van der Waals surface area contributed by atoms with Crippen LogP contribution in [0.4, 0.5) is 5.69 Å². The number of nitrogens with two attached hydrogens (primary N) is 1. The maximum atomic E-state index is 12.4. The van der Waals surface area contributed by atoms with Crippen LogP contribution in [-0.4, -0.2) is 22.2 Å². The molecule has 5 nitrogen and oxygen atoms in total. The predicted octanol–water partition coefficient (Wildman–Crippen LogP) is 2.41. The van der Waals surface area contributed by atoms with E-state index in [4.69, 9.17) is 5.73 Å². The van der Waals surface area contributed by atoms with E-state index in [0.717, 1.165) is 35.5 Å². The van der Waals surface area contributed by atoms with Gasteiger partial charge in [-0.25, -0.2) is 0 Å². The smallest absolute Gasteiger partial charge is 0.259 e. The van der Waals surface area contributed by atoms with Crippen molar-refractivity contribution >= 4 is 11.6 Å². The Morgan fingerprint density at radius 2 is 2.10 bits per heavy atom. The number of benzene rings is 1. The average molecular weight is 286 g/mol. The van der Waals surface area contributed by atoms with E-state index < -0.39 is 0 Å². The van der Waals surface area contributed by atoms with Gasteiger partial charge in [-0.15, -0.1) is 0 Å². The molecule has 0 spiro atoms. The molecule has 0 bridgehead atoms. The summed E-state index contributed by atoms with van der Waals surface area (Å²) in [6.07, 6.45) is 2.47. The van der Waals surface area contributed by atoms with Crippen LogP contribution in [0.5, 0.6) is 0 Å². The number of hydrogen-bond acceptors (Lipinski definition) is 3. The summed E-state index contributed by atoms with van der Waals surface area (Å²) in [6, 6.07) is 5.88. The first-order valence-corrected chi connectivity index (χ1v) is 7.14. The number of nitrogens with one attached hydrogen (secondary N) is 1. The highest BCUT2D eigenvalue weighted by molar-refractivity contribution is 6.05. The summed E-state index contributed by atoms with van der Waals surface area (Å²) >= 11 is 0. The number of nitrogens with zero attached hydrogens (tertiary/aromatic N) is 2. The maximum Gasteiger partial charge on any atom is 0.259 e. The van der Waals surface area contributed by atoms with Crippen LogP contribution in [0, 0.1) is 20.8 Å². The van der Waals surface area contributed by atoms with Gasteiger partial charge in [0.15, 0.2) is 0 Å². The van der Waals surface area contributed by atoms with Gasteiger partial charge < -0.3 is 11.1 Å². The lowest BCUT2D eigenvalue weighted by atomic mass is 10.1. The lowest BCUT2D eigenvalue weighted by Gasteiger charge is -2.10. The molecule has 1 heterocycles. The molecule has 0 atom stereocenters. The molecule has 5 heteroatoms. The molecule has 0 aliphatic rings. The summed E-state index contributed by atoms with van der Waals surface area (Å²) in [4.78, 5) is 12.4. The Labute approximate surface area is 125 Å². The van der Waals surface area contributed by atoms with Crippen LogP contribution in [0.2, 0.25) is 0 Å². The Hall–Kier alpha value is -2.14. The fraction of sp³-hybridized carbons (Fsp3) is 0.375. The van der Waals surface area contributed by atoms with E-state index in [-0.39, 0.29) is 5.91 Å². The van der Waals surface area contributed by atoms with Crippen molar-refractivity contribution in [3.63, 3.8) is 0 Å². The Bertz CT molecular complexity index is 646. The minimum absolute atomic E-state index is 0.125. The van der Waals surface area contributed by atoms with E-state index in [0.29, 0.717) is 12.1 Å². The van der Waals surface area contributed by atoms with Crippen LogP contribution in [-0.2, 0) is 6.54 Å². The maximum absolute atomic E-state index is 12.4. The highest BCUT2D eigenvalue weighted by Crippen LogP contribution is 2.19. The molecule has 112 valence electrons. The second kappa shape index (κ2) is 6.54. The Morgan fingerprint density at radius 3 is 2.81 bits per heavy atom. The van der Waals surface area contributed by atoms with Crippen molar-refractivity contribution in [3.8, 4) is 0 Å². The highest BCUT2D eigenvalue weighted by atomic mass is 16.1. The third-order valence-electron chi connectivity index (χ3n) is 3.77. The van der Waals surface area contributed by atoms with Crippen LogP contribution in [0.25, 0.3) is 0 Å². The van der Waals surface area contributed by atoms with Crippen LogP contribution < -0.4 is 11.1 Å². The van der Waals surface area contributed by atoms with Crippen LogP contribution >= 0.6 is 0 Å². The molecule has 3 N–H and O–H groups in total. The van der Waals surface area contributed by atoms with Crippen molar-refractivity contribution in [2.75, 3.05) is 11.9 Å². The zero-order valence-corrected chi connectivity index (χ0v) is 12.8. The summed E-state index contributed by atoms with van der Waals surface area (Å²) in [6.45, 7) is 7.29. The molecule has 0 fully saturated rings. The van der Waals surface area contributed by atoms with Gasteiger partial charge in [0, 0.05) is 17.9 Å². The van der Waals surface area contributed by atoms with E-state index in [1.54, 1.807) is 6.20 Å². The number of carbonyl (C=O) groups is 1. The fourth-order valence-corrected chi connectivity index (χ4v) is 2.21. The topological polar surface area (TPSA) is 72.9 Å². The van der Waals surface area contributed by atoms with Crippen molar-refractivity contribution in [2.45, 2.75) is 33.7 Å². The second-order valence-electron chi connectivity index (χ2n) is 5.21. The lowest BCUT2D eigenvalue weighted by molar-refractivity contribution is 0.102. The molecule has 0 aliphatic carbocycles. The zero-order chi connectivity index (χ0) is 15.4. The van der Waals surface area contributed by atoms with Gasteiger partial charge in [-0.3, -0.25) is 9.48 Å². The molecule has 21 heavy (non-hydrogen) atoms. The molecule has 0 radical (unpaired) electrons. The van der Waals surface area contributed by atoms with Gasteiger partial charge in [-0.05, 0) is 50.9 Å². The molecule has 0 aliphatic heterocycles. The first-order chi connectivity index (χ1) is 10.0. The first-order valence-electron chi connectivity index (χ1n) is 7.14. The summed E-state index contributed by atoms with van der Waals surface area (Å²) in [5, 5.41) is 7.22. The quantitative estimate of drug-likeness (QED) is 0.886. The minimum atomic E-state index is -0.125. The van der Waals surface area contributed by atoms with Gasteiger partial charge in [0.2, 0.25) is 0 Å². The molecule has 0 unspecified atom stereocenters. The van der Waals surface area contributed by atoms with Gasteiger partial charge in [0.1, 0.15) is 0 Å². The Balaban J connectivity index is 2.17. The van der Waals surface area contributed by atoms with Crippen molar-refractivity contribution in [2.24, 2.45) is 5.73 Å². The fourth-order valence-electron chi connectivity index (χ4n) is 2.21. The number of amides is 1. The van der Waals surface area contributed by atoms with Gasteiger partial charge in [-0.1, -0.05) is 12.1 Å². The third-order valence-corrected chi connectivity index (χ3v) is 3.77. The summed E-state index contributed by atoms with van der Waals surface area (Å²) in [5.74, 6) is -0.125. The molecule has 1 aromatic carbocycles. The Morgan fingerprint density at radius 1 is 1.33 bits per heavy atom. The molecular weight excluding hydrogens is 264 g/mol. The van der Waals surface area contributed by atoms with E-state index in [1.807, 2.05) is 43.7 Å². The summed E-state index contributed by atoms with van der Waals surface area (Å²) in [7, 11) is 0. The monoisotopic (exact) mass is 286 g/mol. The van der Waals surface area contributed by atoms with Crippen LogP contribution in [0.3, 0.4) is 0 Å². The number of carbonyl (C=O) groups excluding carboxylic acids is 1. The van der Waals surface area contributed by atoms with Crippen molar-refractivity contribution in [3.05, 3.63) is 46.8 Å². The van der Waals surface area contributed by atoms with Gasteiger partial charge in [-0.2, -0.15) is 5.10 Å². The van der Waals surface area contributed by atoms with Gasteiger partial charge >= 0.3 is 0 Å². The molecular formula is C16H22N4O. The van der Waals surface area contributed by atoms with E-state index >= 15 is 0 Å². The van der Waals surface area contributed by atoms with Crippen LogP contribution in [0.15, 0.2) is 24.4 Å². The Kier molecular flexibility index (Phi) is 4.75. The molecule has 1 amide bonds. The SMILES string of the molecule is Cc1cccc(NC(=O)c2cnn(CCCN)c2C)c1C. The zero-order valence-electron chi connectivity index (χ0n) is 12.8. The number of aryl methyl sites for hydroxylation is 2. The van der Waals surface area contributed by atoms with Crippen molar-refractivity contribution < 1.29 is 4.79 Å². The van der Waals surface area contributed by atoms with Crippen molar-refractivity contribution in [1.82, 2.24) is 9.78 Å². The third kappa shape index (κ3) is 3.31. The number of hydrogen-bond donors (Lipinski definition) is 2. The lowest BCUT2D eigenvalue weighted by Crippen LogP contribution is -2.15. The van der Waals surface area contributed by atoms with Crippen LogP contribution in [0.1, 0.15) is 33.6 Å². The first kappa shape index (κ1) is 15.3. The summed E-state index contributed by atoms with van der Waals surface area (Å²) in [5.41, 5.74) is 10.1. The second-order valence-corrected chi connectivity index (χ2v) is 5.21. The summed E-state index contributed by atoms with van der Waals surface area (Å²) < 4.78 is 1.82. The molecule has 1 aromatic heterocycles. The molecule has 0 saturated carbocycles. The van der Waals surface area contributed by atoms with Gasteiger partial charge in [0.25, 0.3) is 5.91 Å². The van der Waals surface area contributed by atoms with E-state index in [2.05, 4.69) is 10.4 Å². The number of anilines is 1. The molecule has 0 saturated heterocycles. The van der Waals surface area contributed by atoms with Gasteiger partial charge in [0.05, 0.1) is 11.8 Å². The standard InChI is InChI=1S/C16H22N4O/c1-11-6-4-7-15(12(11)2)19-16(21)14-10-18-20(13(14)3)9-5-8-17/h4,6-7,10H,5,8-9,17H2,1-3H3,(H,19,21). The predicted molar refractivity (Wildman–Crippen MR) is 84.5 cm³/mol. The van der Waals surface area contributed by atoms with E-state index in [9.17, 15) is 4.79 Å². The molecule has 2 rings (SSSR count). The normalized spacial score (nSPS) is 10.7. The largest absolute Gasteiger partial charge is 0.330 e. The van der Waals surface area contributed by atoms with E-state index in [1.165, 1.54) is 0 Å². The minimum Gasteiger partial charge on any atom is -0.330 e. The average Bonchev–Trinajstić information content (AvgIpc) is 2.83.